The molecule has 1 heterocycles. The van der Waals surface area contributed by atoms with Crippen molar-refractivity contribution in [3.05, 3.63) is 29.8 Å². The summed E-state index contributed by atoms with van der Waals surface area (Å²) in [6.45, 7) is 4.95. The summed E-state index contributed by atoms with van der Waals surface area (Å²) in [6, 6.07) is 8.25. The third-order valence-corrected chi connectivity index (χ3v) is 4.96. The summed E-state index contributed by atoms with van der Waals surface area (Å²) < 4.78 is 0. The Kier molecular flexibility index (Phi) is 4.80. The van der Waals surface area contributed by atoms with Crippen molar-refractivity contribution < 1.29 is 4.79 Å². The second kappa shape index (κ2) is 6.19. The average Bonchev–Trinajstić information content (AvgIpc) is 2.79. The summed E-state index contributed by atoms with van der Waals surface area (Å²) in [5.41, 5.74) is 1.35. The molecule has 1 aromatic carbocycles. The van der Waals surface area contributed by atoms with Gasteiger partial charge in [0.05, 0.1) is 5.25 Å². The van der Waals surface area contributed by atoms with Gasteiger partial charge in [-0.1, -0.05) is 32.0 Å². The van der Waals surface area contributed by atoms with E-state index in [-0.39, 0.29) is 16.6 Å². The quantitative estimate of drug-likeness (QED) is 0.843. The lowest BCUT2D eigenvalue weighted by atomic mass is 9.90. The van der Waals surface area contributed by atoms with Crippen molar-refractivity contribution >= 4 is 29.3 Å². The van der Waals surface area contributed by atoms with Gasteiger partial charge in [-0.15, -0.1) is 23.4 Å². The molecule has 1 aliphatic rings. The van der Waals surface area contributed by atoms with Crippen LogP contribution in [0.15, 0.2) is 29.2 Å². The van der Waals surface area contributed by atoms with Gasteiger partial charge in [0.2, 0.25) is 5.91 Å². The van der Waals surface area contributed by atoms with E-state index in [2.05, 4.69) is 31.3 Å². The van der Waals surface area contributed by atoms with E-state index in [4.69, 9.17) is 11.6 Å². The van der Waals surface area contributed by atoms with E-state index >= 15 is 0 Å². The molecule has 0 aliphatic carbocycles. The standard InChI is InChI=1S/C15H20ClNOS/c1-15(2,7-8-16)10-17-14(18)13-9-11-5-3-4-6-12(11)19-13/h3-6,13H,7-10H2,1-2H3,(H,17,18). The molecule has 19 heavy (non-hydrogen) atoms. The van der Waals surface area contributed by atoms with Gasteiger partial charge >= 0.3 is 0 Å². The van der Waals surface area contributed by atoms with Gasteiger partial charge in [0.1, 0.15) is 0 Å². The molecule has 0 saturated carbocycles. The maximum Gasteiger partial charge on any atom is 0.233 e. The van der Waals surface area contributed by atoms with E-state index in [1.807, 2.05) is 12.1 Å². The van der Waals surface area contributed by atoms with Crippen LogP contribution < -0.4 is 5.32 Å². The fraction of sp³-hybridized carbons (Fsp3) is 0.533. The Morgan fingerprint density at radius 2 is 2.21 bits per heavy atom. The lowest BCUT2D eigenvalue weighted by molar-refractivity contribution is -0.120. The van der Waals surface area contributed by atoms with Gasteiger partial charge in [0.15, 0.2) is 0 Å². The molecule has 2 rings (SSSR count). The van der Waals surface area contributed by atoms with Crippen molar-refractivity contribution in [1.82, 2.24) is 5.32 Å². The van der Waals surface area contributed by atoms with E-state index in [1.54, 1.807) is 11.8 Å². The molecule has 0 bridgehead atoms. The lowest BCUT2D eigenvalue weighted by Gasteiger charge is -2.24. The molecule has 1 aliphatic heterocycles. The van der Waals surface area contributed by atoms with E-state index in [1.165, 1.54) is 10.5 Å². The lowest BCUT2D eigenvalue weighted by Crippen LogP contribution is -2.39. The first-order valence-electron chi connectivity index (χ1n) is 6.60. The Morgan fingerprint density at radius 1 is 1.47 bits per heavy atom. The van der Waals surface area contributed by atoms with Crippen LogP contribution in [-0.4, -0.2) is 23.6 Å². The summed E-state index contributed by atoms with van der Waals surface area (Å²) in [5.74, 6) is 0.774. The highest BCUT2D eigenvalue weighted by Gasteiger charge is 2.29. The molecule has 0 spiro atoms. The van der Waals surface area contributed by atoms with E-state index < -0.39 is 0 Å². The molecule has 0 aromatic heterocycles. The van der Waals surface area contributed by atoms with E-state index in [0.717, 1.165) is 12.8 Å². The summed E-state index contributed by atoms with van der Waals surface area (Å²) in [4.78, 5) is 13.4. The van der Waals surface area contributed by atoms with Crippen molar-refractivity contribution in [3.8, 4) is 0 Å². The molecule has 1 aromatic rings. The third kappa shape index (κ3) is 3.90. The highest BCUT2D eigenvalue weighted by molar-refractivity contribution is 8.01. The Bertz CT molecular complexity index is 436. The SMILES string of the molecule is CC(C)(CCCl)CNC(=O)C1Cc2ccccc2S1. The number of carbonyl (C=O) groups excluding carboxylic acids is 1. The maximum atomic E-state index is 12.2. The zero-order chi connectivity index (χ0) is 13.9. The molecule has 1 amide bonds. The van der Waals surface area contributed by atoms with Crippen LogP contribution >= 0.6 is 23.4 Å². The number of nitrogens with one attached hydrogen (secondary N) is 1. The second-order valence-electron chi connectivity index (χ2n) is 5.74. The van der Waals surface area contributed by atoms with Crippen LogP contribution in [0.2, 0.25) is 0 Å². The van der Waals surface area contributed by atoms with E-state index in [9.17, 15) is 4.79 Å². The third-order valence-electron chi connectivity index (χ3n) is 3.45. The van der Waals surface area contributed by atoms with Crippen LogP contribution in [0.3, 0.4) is 0 Å². The Labute approximate surface area is 124 Å². The molecule has 0 saturated heterocycles. The minimum Gasteiger partial charge on any atom is -0.355 e. The van der Waals surface area contributed by atoms with Crippen LogP contribution in [0, 0.1) is 5.41 Å². The number of carbonyl (C=O) groups is 1. The first-order chi connectivity index (χ1) is 9.02. The first kappa shape index (κ1) is 14.7. The monoisotopic (exact) mass is 297 g/mol. The average molecular weight is 298 g/mol. The number of halogens is 1. The van der Waals surface area contributed by atoms with Gasteiger partial charge in [-0.05, 0) is 29.9 Å². The van der Waals surface area contributed by atoms with Crippen LogP contribution in [0.1, 0.15) is 25.8 Å². The smallest absolute Gasteiger partial charge is 0.233 e. The van der Waals surface area contributed by atoms with Crippen molar-refractivity contribution in [2.45, 2.75) is 36.8 Å². The van der Waals surface area contributed by atoms with Crippen molar-refractivity contribution in [3.63, 3.8) is 0 Å². The molecular weight excluding hydrogens is 278 g/mol. The molecule has 1 unspecified atom stereocenters. The van der Waals surface area contributed by atoms with Gasteiger partial charge in [-0.2, -0.15) is 0 Å². The van der Waals surface area contributed by atoms with Gasteiger partial charge in [-0.3, -0.25) is 4.79 Å². The first-order valence-corrected chi connectivity index (χ1v) is 8.01. The van der Waals surface area contributed by atoms with Crippen molar-refractivity contribution in [2.75, 3.05) is 12.4 Å². The molecule has 0 radical (unpaired) electrons. The summed E-state index contributed by atoms with van der Waals surface area (Å²) >= 11 is 7.44. The summed E-state index contributed by atoms with van der Waals surface area (Å²) in [5, 5.41) is 3.08. The fourth-order valence-corrected chi connectivity index (χ4v) is 3.84. The Balaban J connectivity index is 1.86. The molecular formula is C15H20ClNOS. The number of alkyl halides is 1. The molecule has 104 valence electrons. The highest BCUT2D eigenvalue weighted by atomic mass is 35.5. The number of thioether (sulfide) groups is 1. The minimum absolute atomic E-state index is 0.0178. The predicted octanol–water partition coefficient (Wildman–Crippen LogP) is 3.47. The number of rotatable bonds is 5. The van der Waals surface area contributed by atoms with Gasteiger partial charge in [-0.25, -0.2) is 0 Å². The van der Waals surface area contributed by atoms with Gasteiger partial charge in [0.25, 0.3) is 0 Å². The number of hydrogen-bond donors (Lipinski definition) is 1. The zero-order valence-corrected chi connectivity index (χ0v) is 13.0. The van der Waals surface area contributed by atoms with Gasteiger partial charge < -0.3 is 5.32 Å². The van der Waals surface area contributed by atoms with Gasteiger partial charge in [0, 0.05) is 17.3 Å². The number of fused-ring (bicyclic) bond motifs is 1. The second-order valence-corrected chi connectivity index (χ2v) is 7.36. The number of amides is 1. The minimum atomic E-state index is 0.0178. The van der Waals surface area contributed by atoms with Crippen LogP contribution in [0.25, 0.3) is 0 Å². The summed E-state index contributed by atoms with van der Waals surface area (Å²) in [6.07, 6.45) is 1.75. The summed E-state index contributed by atoms with van der Waals surface area (Å²) in [7, 11) is 0. The van der Waals surface area contributed by atoms with E-state index in [0.29, 0.717) is 12.4 Å². The molecule has 1 N–H and O–H groups in total. The molecule has 1 atom stereocenters. The fourth-order valence-electron chi connectivity index (χ4n) is 2.11. The highest BCUT2D eigenvalue weighted by Crippen LogP contribution is 2.36. The number of benzene rings is 1. The Hall–Kier alpha value is -0.670. The van der Waals surface area contributed by atoms with Crippen molar-refractivity contribution in [2.24, 2.45) is 5.41 Å². The molecule has 4 heteroatoms. The maximum absolute atomic E-state index is 12.2. The molecule has 2 nitrogen and oxygen atoms in total. The normalized spacial score (nSPS) is 18.2. The predicted molar refractivity (Wildman–Crippen MR) is 81.9 cm³/mol. The van der Waals surface area contributed by atoms with Crippen LogP contribution in [-0.2, 0) is 11.2 Å². The number of hydrogen-bond acceptors (Lipinski definition) is 2. The topological polar surface area (TPSA) is 29.1 Å². The van der Waals surface area contributed by atoms with Crippen molar-refractivity contribution in [1.29, 1.82) is 0 Å². The Morgan fingerprint density at radius 3 is 2.89 bits per heavy atom. The zero-order valence-electron chi connectivity index (χ0n) is 11.4. The van der Waals surface area contributed by atoms with Crippen LogP contribution in [0.5, 0.6) is 0 Å². The van der Waals surface area contributed by atoms with Crippen LogP contribution in [0.4, 0.5) is 0 Å². The largest absolute Gasteiger partial charge is 0.355 e. The molecule has 0 fully saturated rings.